The number of benzene rings is 8. The largest absolute Gasteiger partial charge is 0.313 e. The summed E-state index contributed by atoms with van der Waals surface area (Å²) in [5.41, 5.74) is 15.5. The zero-order valence-corrected chi connectivity index (χ0v) is 30.2. The molecule has 3 nitrogen and oxygen atoms in total. The van der Waals surface area contributed by atoms with E-state index in [9.17, 15) is 0 Å². The number of para-hydroxylation sites is 1. The van der Waals surface area contributed by atoms with Gasteiger partial charge in [-0.05, 0) is 76.2 Å². The van der Waals surface area contributed by atoms with E-state index >= 15 is 0 Å². The summed E-state index contributed by atoms with van der Waals surface area (Å²) in [5.74, 6) is 0. The first kappa shape index (κ1) is 31.4. The molecule has 2 aromatic heterocycles. The van der Waals surface area contributed by atoms with Gasteiger partial charge in [-0.2, -0.15) is 0 Å². The van der Waals surface area contributed by atoms with Crippen molar-refractivity contribution in [2.24, 2.45) is 0 Å². The lowest BCUT2D eigenvalue weighted by Crippen LogP contribution is -2.02. The van der Waals surface area contributed by atoms with E-state index in [2.05, 4.69) is 193 Å². The quantitative estimate of drug-likeness (QED) is 0.167. The van der Waals surface area contributed by atoms with Crippen LogP contribution in [0.25, 0.3) is 100 Å². The van der Waals surface area contributed by atoms with Crippen molar-refractivity contribution in [3.05, 3.63) is 193 Å². The van der Waals surface area contributed by atoms with Gasteiger partial charge in [0.25, 0.3) is 0 Å². The molecule has 11 rings (SSSR count). The highest BCUT2D eigenvalue weighted by atomic mass is 15.0. The molecule has 0 N–H and O–H groups in total. The standard InChI is InChI=1S/C52H35N3/c1-3-14-34(15-4-1)35-26-28-36(29-27-35)49-50(54-52-45-24-10-8-21-42(45)41-20-7-9-23-44(41)51(52)53-49)39-17-13-16-37(32-39)38-30-31-48-46(33-38)43-22-11-12-25-47(43)55(48)40-18-5-2-6-19-40/h1-11,13-24,26-33H,12,25H2. The Balaban J connectivity index is 1.12. The Hall–Kier alpha value is -7.10. The minimum atomic E-state index is 0.874. The molecular formula is C52H35N3. The Bertz CT molecular complexity index is 3120. The van der Waals surface area contributed by atoms with Crippen LogP contribution in [0.4, 0.5) is 0 Å². The number of nitrogens with zero attached hydrogens (tertiary/aromatic N) is 3. The fraction of sp³-hybridized carbons (Fsp3) is 0.0385. The number of hydrogen-bond donors (Lipinski definition) is 0. The van der Waals surface area contributed by atoms with Crippen molar-refractivity contribution in [1.82, 2.24) is 14.5 Å². The highest BCUT2D eigenvalue weighted by Crippen LogP contribution is 2.41. The predicted octanol–water partition coefficient (Wildman–Crippen LogP) is 13.5. The molecule has 0 aliphatic heterocycles. The maximum Gasteiger partial charge on any atom is 0.0979 e. The minimum absolute atomic E-state index is 0.874. The highest BCUT2D eigenvalue weighted by Gasteiger charge is 2.21. The third-order valence-corrected chi connectivity index (χ3v) is 11.2. The van der Waals surface area contributed by atoms with E-state index in [1.807, 2.05) is 0 Å². The van der Waals surface area contributed by atoms with E-state index in [0.717, 1.165) is 62.7 Å². The fourth-order valence-electron chi connectivity index (χ4n) is 8.63. The molecule has 1 aliphatic rings. The van der Waals surface area contributed by atoms with E-state index in [-0.39, 0.29) is 0 Å². The third-order valence-electron chi connectivity index (χ3n) is 11.2. The second-order valence-corrected chi connectivity index (χ2v) is 14.4. The van der Waals surface area contributed by atoms with Crippen LogP contribution < -0.4 is 0 Å². The summed E-state index contributed by atoms with van der Waals surface area (Å²) in [4.78, 5) is 11.1. The normalized spacial score (nSPS) is 12.5. The summed E-state index contributed by atoms with van der Waals surface area (Å²) in [5, 5.41) is 5.87. The SMILES string of the molecule is C1=Cc2c(n(-c3ccccc3)c3ccc(-c4cccc(-c5nc6c7ccccc7c7ccccc7c6nc5-c5ccc(-c6ccccc6)cc5)c4)cc23)CC1. The van der Waals surface area contributed by atoms with Crippen molar-refractivity contribution in [3.8, 4) is 50.5 Å². The van der Waals surface area contributed by atoms with E-state index < -0.39 is 0 Å². The lowest BCUT2D eigenvalue weighted by atomic mass is 9.95. The molecule has 8 aromatic carbocycles. The second kappa shape index (κ2) is 12.8. The van der Waals surface area contributed by atoms with E-state index in [0.29, 0.717) is 0 Å². The van der Waals surface area contributed by atoms with Gasteiger partial charge >= 0.3 is 0 Å². The molecule has 0 saturated carbocycles. The van der Waals surface area contributed by atoms with Crippen LogP contribution in [-0.4, -0.2) is 14.5 Å². The van der Waals surface area contributed by atoms with Crippen LogP contribution in [0.1, 0.15) is 17.7 Å². The summed E-state index contributed by atoms with van der Waals surface area (Å²) in [6.07, 6.45) is 6.71. The molecule has 0 amide bonds. The number of aromatic nitrogens is 3. The molecule has 258 valence electrons. The molecule has 3 heteroatoms. The van der Waals surface area contributed by atoms with Crippen molar-refractivity contribution in [1.29, 1.82) is 0 Å². The topological polar surface area (TPSA) is 30.7 Å². The zero-order valence-electron chi connectivity index (χ0n) is 30.2. The first-order valence-electron chi connectivity index (χ1n) is 19.1. The maximum atomic E-state index is 5.58. The Morgan fingerprint density at radius 3 is 1.64 bits per heavy atom. The van der Waals surface area contributed by atoms with E-state index in [1.165, 1.54) is 55.3 Å². The van der Waals surface area contributed by atoms with Gasteiger partial charge in [0.1, 0.15) is 0 Å². The molecule has 10 aromatic rings. The summed E-state index contributed by atoms with van der Waals surface area (Å²) in [7, 11) is 0. The van der Waals surface area contributed by atoms with Crippen LogP contribution in [0, 0.1) is 0 Å². The molecule has 0 saturated heterocycles. The van der Waals surface area contributed by atoms with Crippen LogP contribution in [0.3, 0.4) is 0 Å². The third kappa shape index (κ3) is 5.20. The Morgan fingerprint density at radius 2 is 0.927 bits per heavy atom. The van der Waals surface area contributed by atoms with Crippen molar-refractivity contribution < 1.29 is 0 Å². The lowest BCUT2D eigenvalue weighted by molar-refractivity contribution is 0.888. The average Bonchev–Trinajstić information content (AvgIpc) is 3.60. The molecule has 1 aliphatic carbocycles. The highest BCUT2D eigenvalue weighted by molar-refractivity contribution is 6.23. The second-order valence-electron chi connectivity index (χ2n) is 14.4. The van der Waals surface area contributed by atoms with Crippen LogP contribution in [0.5, 0.6) is 0 Å². The van der Waals surface area contributed by atoms with Crippen LogP contribution in [0.15, 0.2) is 182 Å². The van der Waals surface area contributed by atoms with Gasteiger partial charge in [0.2, 0.25) is 0 Å². The maximum absolute atomic E-state index is 5.58. The minimum Gasteiger partial charge on any atom is -0.313 e. The molecule has 0 atom stereocenters. The van der Waals surface area contributed by atoms with Crippen molar-refractivity contribution in [2.75, 3.05) is 0 Å². The summed E-state index contributed by atoms with van der Waals surface area (Å²) < 4.78 is 2.45. The van der Waals surface area contributed by atoms with Gasteiger partial charge in [0.05, 0.1) is 27.9 Å². The van der Waals surface area contributed by atoms with Gasteiger partial charge < -0.3 is 4.57 Å². The van der Waals surface area contributed by atoms with Gasteiger partial charge in [-0.25, -0.2) is 9.97 Å². The molecule has 0 unspecified atom stereocenters. The monoisotopic (exact) mass is 701 g/mol. The van der Waals surface area contributed by atoms with Crippen molar-refractivity contribution in [2.45, 2.75) is 12.8 Å². The Morgan fingerprint density at radius 1 is 0.400 bits per heavy atom. The number of allylic oxidation sites excluding steroid dienone is 1. The zero-order chi connectivity index (χ0) is 36.3. The fourth-order valence-corrected chi connectivity index (χ4v) is 8.63. The summed E-state index contributed by atoms with van der Waals surface area (Å²) in [6, 6.07) is 63.0. The van der Waals surface area contributed by atoms with E-state index in [4.69, 9.17) is 9.97 Å². The van der Waals surface area contributed by atoms with Gasteiger partial charge in [0, 0.05) is 44.2 Å². The predicted molar refractivity (Wildman–Crippen MR) is 230 cm³/mol. The van der Waals surface area contributed by atoms with Gasteiger partial charge in [-0.15, -0.1) is 0 Å². The number of hydrogen-bond acceptors (Lipinski definition) is 2. The molecule has 0 spiro atoms. The van der Waals surface area contributed by atoms with Crippen LogP contribution in [0.2, 0.25) is 0 Å². The number of fused-ring (bicyclic) bond motifs is 9. The van der Waals surface area contributed by atoms with Gasteiger partial charge in [-0.3, -0.25) is 0 Å². The molecule has 2 heterocycles. The smallest absolute Gasteiger partial charge is 0.0979 e. The summed E-state index contributed by atoms with van der Waals surface area (Å²) >= 11 is 0. The molecule has 0 bridgehead atoms. The van der Waals surface area contributed by atoms with Crippen molar-refractivity contribution >= 4 is 49.6 Å². The van der Waals surface area contributed by atoms with Gasteiger partial charge in [0.15, 0.2) is 0 Å². The lowest BCUT2D eigenvalue weighted by Gasteiger charge is -2.15. The Labute approximate surface area is 319 Å². The Kier molecular flexibility index (Phi) is 7.31. The molecule has 0 radical (unpaired) electrons. The van der Waals surface area contributed by atoms with Gasteiger partial charge in [-0.1, -0.05) is 158 Å². The van der Waals surface area contributed by atoms with Crippen LogP contribution >= 0.6 is 0 Å². The first-order valence-corrected chi connectivity index (χ1v) is 19.1. The number of rotatable bonds is 5. The average molecular weight is 702 g/mol. The van der Waals surface area contributed by atoms with Crippen LogP contribution in [-0.2, 0) is 6.42 Å². The van der Waals surface area contributed by atoms with E-state index in [1.54, 1.807) is 0 Å². The molecular weight excluding hydrogens is 667 g/mol. The molecule has 0 fully saturated rings. The first-order chi connectivity index (χ1) is 27.3. The molecule has 55 heavy (non-hydrogen) atoms. The summed E-state index contributed by atoms with van der Waals surface area (Å²) in [6.45, 7) is 0. The van der Waals surface area contributed by atoms with Crippen molar-refractivity contribution in [3.63, 3.8) is 0 Å².